The van der Waals surface area contributed by atoms with Gasteiger partial charge >= 0.3 is 5.69 Å². The molecule has 28 heavy (non-hydrogen) atoms. The van der Waals surface area contributed by atoms with Crippen LogP contribution in [-0.4, -0.2) is 19.1 Å². The number of halogens is 2. The molecule has 6 nitrogen and oxygen atoms in total. The van der Waals surface area contributed by atoms with Gasteiger partial charge in [0.15, 0.2) is 11.2 Å². The highest BCUT2D eigenvalue weighted by molar-refractivity contribution is 5.68. The van der Waals surface area contributed by atoms with Crippen LogP contribution in [0.2, 0.25) is 0 Å². The van der Waals surface area contributed by atoms with Crippen LogP contribution in [0, 0.1) is 11.6 Å². The van der Waals surface area contributed by atoms with Crippen LogP contribution >= 0.6 is 0 Å². The van der Waals surface area contributed by atoms with Crippen LogP contribution in [0.4, 0.5) is 8.78 Å². The van der Waals surface area contributed by atoms with Crippen molar-refractivity contribution in [1.29, 1.82) is 0 Å². The van der Waals surface area contributed by atoms with Crippen LogP contribution in [0.5, 0.6) is 0 Å². The molecular weight excluding hydrogens is 366 g/mol. The van der Waals surface area contributed by atoms with Crippen LogP contribution in [0.3, 0.4) is 0 Å². The predicted octanol–water partition coefficient (Wildman–Crippen LogP) is 2.33. The molecule has 0 bridgehead atoms. The zero-order valence-corrected chi connectivity index (χ0v) is 14.5. The first-order valence-electron chi connectivity index (χ1n) is 8.47. The van der Waals surface area contributed by atoms with Crippen LogP contribution < -0.4 is 11.2 Å². The van der Waals surface area contributed by atoms with E-state index in [1.165, 1.54) is 12.4 Å². The summed E-state index contributed by atoms with van der Waals surface area (Å²) in [6.07, 6.45) is 2.68. The van der Waals surface area contributed by atoms with Gasteiger partial charge in [0.1, 0.15) is 11.6 Å². The van der Waals surface area contributed by atoms with E-state index in [-0.39, 0.29) is 29.8 Å². The largest absolute Gasteiger partial charge is 0.333 e. The maximum absolute atomic E-state index is 14.1. The quantitative estimate of drug-likeness (QED) is 0.545. The molecule has 0 N–H and O–H groups in total. The van der Waals surface area contributed by atoms with E-state index in [2.05, 4.69) is 9.97 Å². The third-order valence-electron chi connectivity index (χ3n) is 4.36. The van der Waals surface area contributed by atoms with Crippen molar-refractivity contribution in [3.63, 3.8) is 0 Å². The smallest absolute Gasteiger partial charge is 0.271 e. The Kier molecular flexibility index (Phi) is 4.52. The molecule has 2 aromatic carbocycles. The highest BCUT2D eigenvalue weighted by Gasteiger charge is 2.17. The number of hydrogen-bond donors (Lipinski definition) is 0. The van der Waals surface area contributed by atoms with E-state index < -0.39 is 22.9 Å². The molecule has 0 unspecified atom stereocenters. The lowest BCUT2D eigenvalue weighted by Crippen LogP contribution is -2.41. The summed E-state index contributed by atoms with van der Waals surface area (Å²) in [7, 11) is 0. The fraction of sp³-hybridized carbons (Fsp3) is 0.100. The summed E-state index contributed by atoms with van der Waals surface area (Å²) in [6, 6.07) is 12.0. The van der Waals surface area contributed by atoms with Gasteiger partial charge in [-0.3, -0.25) is 13.9 Å². The minimum Gasteiger partial charge on any atom is -0.271 e. The van der Waals surface area contributed by atoms with Crippen molar-refractivity contribution in [1.82, 2.24) is 19.1 Å². The average molecular weight is 380 g/mol. The summed E-state index contributed by atoms with van der Waals surface area (Å²) < 4.78 is 29.8. The topological polar surface area (TPSA) is 69.8 Å². The standard InChI is InChI=1S/C20H14F2N4O2/c21-15-6-7-16(22)14(10-15)12-25-18-17(23-8-9-24-18)19(27)26(20(25)28)11-13-4-2-1-3-5-13/h1-10H,11-12H2. The molecule has 2 heterocycles. The Balaban J connectivity index is 1.93. The number of aromatic nitrogens is 4. The lowest BCUT2D eigenvalue weighted by molar-refractivity contribution is 0.565. The van der Waals surface area contributed by atoms with Gasteiger partial charge in [-0.05, 0) is 23.8 Å². The predicted molar refractivity (Wildman–Crippen MR) is 99.1 cm³/mol. The summed E-state index contributed by atoms with van der Waals surface area (Å²) in [5.74, 6) is -1.29. The molecule has 8 heteroatoms. The van der Waals surface area contributed by atoms with Crippen molar-refractivity contribution in [3.8, 4) is 0 Å². The van der Waals surface area contributed by atoms with Gasteiger partial charge in [0, 0.05) is 18.0 Å². The van der Waals surface area contributed by atoms with Gasteiger partial charge in [-0.15, -0.1) is 0 Å². The van der Waals surface area contributed by atoms with E-state index in [1.54, 1.807) is 24.3 Å². The molecule has 0 fully saturated rings. The number of nitrogens with zero attached hydrogens (tertiary/aromatic N) is 4. The Morgan fingerprint density at radius 3 is 2.39 bits per heavy atom. The van der Waals surface area contributed by atoms with Gasteiger partial charge in [0.2, 0.25) is 0 Å². The number of hydrogen-bond acceptors (Lipinski definition) is 4. The number of rotatable bonds is 4. The van der Waals surface area contributed by atoms with E-state index in [0.29, 0.717) is 0 Å². The monoisotopic (exact) mass is 380 g/mol. The van der Waals surface area contributed by atoms with Crippen molar-refractivity contribution in [2.45, 2.75) is 13.1 Å². The molecule has 0 radical (unpaired) electrons. The Hall–Kier alpha value is -3.68. The van der Waals surface area contributed by atoms with E-state index >= 15 is 0 Å². The molecule has 0 saturated carbocycles. The SMILES string of the molecule is O=c1c2nccnc2n(Cc2cc(F)ccc2F)c(=O)n1Cc1ccccc1. The highest BCUT2D eigenvalue weighted by atomic mass is 19.1. The molecule has 0 saturated heterocycles. The van der Waals surface area contributed by atoms with Gasteiger partial charge < -0.3 is 0 Å². The Bertz CT molecular complexity index is 1280. The fourth-order valence-corrected chi connectivity index (χ4v) is 3.01. The minimum absolute atomic E-state index is 0.0187. The second-order valence-electron chi connectivity index (χ2n) is 6.21. The third kappa shape index (κ3) is 3.20. The molecule has 140 valence electrons. The third-order valence-corrected chi connectivity index (χ3v) is 4.36. The maximum Gasteiger partial charge on any atom is 0.333 e. The molecule has 0 spiro atoms. The number of fused-ring (bicyclic) bond motifs is 1. The number of benzene rings is 2. The van der Waals surface area contributed by atoms with E-state index in [1.807, 2.05) is 6.07 Å². The second-order valence-corrected chi connectivity index (χ2v) is 6.21. The van der Waals surface area contributed by atoms with Gasteiger partial charge in [-0.25, -0.2) is 23.5 Å². The lowest BCUT2D eigenvalue weighted by atomic mass is 10.2. The summed E-state index contributed by atoms with van der Waals surface area (Å²) in [5.41, 5.74) is -0.550. The second kappa shape index (κ2) is 7.15. The van der Waals surface area contributed by atoms with Crippen LogP contribution in [-0.2, 0) is 13.1 Å². The molecule has 0 amide bonds. The maximum atomic E-state index is 14.1. The first-order valence-corrected chi connectivity index (χ1v) is 8.47. The molecular formula is C20H14F2N4O2. The molecule has 0 atom stereocenters. The van der Waals surface area contributed by atoms with Gasteiger partial charge in [-0.1, -0.05) is 30.3 Å². The van der Waals surface area contributed by atoms with Crippen LogP contribution in [0.25, 0.3) is 11.2 Å². The van der Waals surface area contributed by atoms with E-state index in [0.717, 1.165) is 32.9 Å². The molecule has 0 aliphatic carbocycles. The van der Waals surface area contributed by atoms with Crippen molar-refractivity contribution >= 4 is 11.2 Å². The summed E-state index contributed by atoms with van der Waals surface area (Å²) in [4.78, 5) is 34.0. The first-order chi connectivity index (χ1) is 13.5. The summed E-state index contributed by atoms with van der Waals surface area (Å²) >= 11 is 0. The zero-order valence-electron chi connectivity index (χ0n) is 14.5. The molecule has 0 aliphatic heterocycles. The van der Waals surface area contributed by atoms with Gasteiger partial charge in [0.05, 0.1) is 13.1 Å². The molecule has 4 rings (SSSR count). The van der Waals surface area contributed by atoms with Crippen molar-refractivity contribution in [3.05, 3.63) is 105 Å². The fourth-order valence-electron chi connectivity index (χ4n) is 3.01. The molecule has 2 aromatic heterocycles. The van der Waals surface area contributed by atoms with Crippen molar-refractivity contribution in [2.24, 2.45) is 0 Å². The van der Waals surface area contributed by atoms with Crippen LogP contribution in [0.1, 0.15) is 11.1 Å². The lowest BCUT2D eigenvalue weighted by Gasteiger charge is -2.13. The zero-order chi connectivity index (χ0) is 19.7. The minimum atomic E-state index is -0.675. The molecule has 0 aliphatic rings. The Morgan fingerprint density at radius 1 is 0.857 bits per heavy atom. The van der Waals surface area contributed by atoms with E-state index in [9.17, 15) is 18.4 Å². The molecule has 4 aromatic rings. The summed E-state index contributed by atoms with van der Waals surface area (Å²) in [6.45, 7) is -0.261. The van der Waals surface area contributed by atoms with Crippen LogP contribution in [0.15, 0.2) is 70.5 Å². The Morgan fingerprint density at radius 2 is 1.61 bits per heavy atom. The van der Waals surface area contributed by atoms with Crippen molar-refractivity contribution in [2.75, 3.05) is 0 Å². The van der Waals surface area contributed by atoms with Gasteiger partial charge in [0.25, 0.3) is 5.56 Å². The Labute approximate surface area is 157 Å². The first kappa shape index (κ1) is 17.7. The highest BCUT2D eigenvalue weighted by Crippen LogP contribution is 2.12. The van der Waals surface area contributed by atoms with Crippen molar-refractivity contribution < 1.29 is 8.78 Å². The average Bonchev–Trinajstić information content (AvgIpc) is 2.71. The van der Waals surface area contributed by atoms with Gasteiger partial charge in [-0.2, -0.15) is 0 Å². The summed E-state index contributed by atoms with van der Waals surface area (Å²) in [5, 5.41) is 0. The normalized spacial score (nSPS) is 11.1. The van der Waals surface area contributed by atoms with E-state index in [4.69, 9.17) is 0 Å².